The van der Waals surface area contributed by atoms with E-state index in [1.807, 2.05) is 4.90 Å². The fourth-order valence-corrected chi connectivity index (χ4v) is 2.82. The van der Waals surface area contributed by atoms with Gasteiger partial charge in [-0.1, -0.05) is 6.07 Å². The van der Waals surface area contributed by atoms with E-state index in [0.29, 0.717) is 23.8 Å². The van der Waals surface area contributed by atoms with Gasteiger partial charge in [0.1, 0.15) is 0 Å². The molecule has 1 heterocycles. The standard InChI is InChI=1S/C16H22N4O2/c17-10-14-5-2-8-20(14)15(21)11-3-1-4-13(9-11)19-16(22)18-12-6-7-12/h1,3-4,9,12,14H,2,5-8,10,17H2,(H2,18,19,22). The van der Waals surface area contributed by atoms with Crippen molar-refractivity contribution >= 4 is 17.6 Å². The molecule has 1 aliphatic carbocycles. The van der Waals surface area contributed by atoms with E-state index < -0.39 is 0 Å². The summed E-state index contributed by atoms with van der Waals surface area (Å²) >= 11 is 0. The third-order valence-electron chi connectivity index (χ3n) is 4.19. The Bertz CT molecular complexity index is 571. The lowest BCUT2D eigenvalue weighted by Gasteiger charge is -2.23. The Kier molecular flexibility index (Phi) is 4.29. The molecule has 0 radical (unpaired) electrons. The monoisotopic (exact) mass is 302 g/mol. The molecular formula is C16H22N4O2. The van der Waals surface area contributed by atoms with Gasteiger partial charge in [0, 0.05) is 36.4 Å². The number of carbonyl (C=O) groups is 2. The number of benzene rings is 1. The van der Waals surface area contributed by atoms with E-state index in [0.717, 1.165) is 32.2 Å². The first-order chi connectivity index (χ1) is 10.7. The molecule has 22 heavy (non-hydrogen) atoms. The average molecular weight is 302 g/mol. The zero-order chi connectivity index (χ0) is 15.5. The maximum absolute atomic E-state index is 12.6. The molecule has 1 saturated heterocycles. The van der Waals surface area contributed by atoms with Crippen LogP contribution in [0.5, 0.6) is 0 Å². The number of likely N-dealkylation sites (tertiary alicyclic amines) is 1. The smallest absolute Gasteiger partial charge is 0.319 e. The third-order valence-corrected chi connectivity index (χ3v) is 4.19. The molecule has 2 fully saturated rings. The Hall–Kier alpha value is -2.08. The minimum Gasteiger partial charge on any atom is -0.335 e. The first-order valence-electron chi connectivity index (χ1n) is 7.86. The zero-order valence-corrected chi connectivity index (χ0v) is 12.5. The molecule has 0 bridgehead atoms. The van der Waals surface area contributed by atoms with E-state index in [1.54, 1.807) is 24.3 Å². The lowest BCUT2D eigenvalue weighted by atomic mass is 10.1. The zero-order valence-electron chi connectivity index (χ0n) is 12.5. The Balaban J connectivity index is 1.67. The molecule has 1 atom stereocenters. The summed E-state index contributed by atoms with van der Waals surface area (Å²) in [6.07, 6.45) is 4.04. The highest BCUT2D eigenvalue weighted by Crippen LogP contribution is 2.21. The van der Waals surface area contributed by atoms with Gasteiger partial charge in [0.2, 0.25) is 0 Å². The van der Waals surface area contributed by atoms with Crippen LogP contribution in [0, 0.1) is 0 Å². The van der Waals surface area contributed by atoms with Crippen LogP contribution < -0.4 is 16.4 Å². The summed E-state index contributed by atoms with van der Waals surface area (Å²) in [7, 11) is 0. The molecular weight excluding hydrogens is 280 g/mol. The number of amides is 3. The second-order valence-corrected chi connectivity index (χ2v) is 5.98. The molecule has 3 rings (SSSR count). The Morgan fingerprint density at radius 2 is 2.09 bits per heavy atom. The van der Waals surface area contributed by atoms with Gasteiger partial charge in [-0.3, -0.25) is 4.79 Å². The summed E-state index contributed by atoms with van der Waals surface area (Å²) in [5.74, 6) is -0.0146. The van der Waals surface area contributed by atoms with Crippen molar-refractivity contribution in [1.29, 1.82) is 0 Å². The maximum atomic E-state index is 12.6. The van der Waals surface area contributed by atoms with Gasteiger partial charge in [-0.2, -0.15) is 0 Å². The molecule has 1 saturated carbocycles. The van der Waals surface area contributed by atoms with Crippen molar-refractivity contribution in [3.63, 3.8) is 0 Å². The highest BCUT2D eigenvalue weighted by molar-refractivity contribution is 5.97. The molecule has 0 spiro atoms. The minimum absolute atomic E-state index is 0.0146. The molecule has 1 aromatic rings. The summed E-state index contributed by atoms with van der Waals surface area (Å²) in [5, 5.41) is 5.64. The summed E-state index contributed by atoms with van der Waals surface area (Å²) in [6.45, 7) is 1.24. The second-order valence-electron chi connectivity index (χ2n) is 5.98. The highest BCUT2D eigenvalue weighted by Gasteiger charge is 2.28. The van der Waals surface area contributed by atoms with Crippen molar-refractivity contribution in [1.82, 2.24) is 10.2 Å². The first kappa shape index (κ1) is 14.8. The van der Waals surface area contributed by atoms with Gasteiger partial charge < -0.3 is 21.3 Å². The van der Waals surface area contributed by atoms with E-state index in [9.17, 15) is 9.59 Å². The van der Waals surface area contributed by atoms with Gasteiger partial charge in [-0.25, -0.2) is 4.79 Å². The summed E-state index contributed by atoms with van der Waals surface area (Å²) in [5.41, 5.74) is 6.95. The maximum Gasteiger partial charge on any atom is 0.319 e. The number of anilines is 1. The van der Waals surface area contributed by atoms with E-state index >= 15 is 0 Å². The van der Waals surface area contributed by atoms with Gasteiger partial charge >= 0.3 is 6.03 Å². The summed E-state index contributed by atoms with van der Waals surface area (Å²) in [6, 6.07) is 7.29. The van der Waals surface area contributed by atoms with Crippen LogP contribution in [0.1, 0.15) is 36.0 Å². The first-order valence-corrected chi connectivity index (χ1v) is 7.86. The van der Waals surface area contributed by atoms with Crippen molar-refractivity contribution in [3.05, 3.63) is 29.8 Å². The van der Waals surface area contributed by atoms with E-state index in [1.165, 1.54) is 0 Å². The number of nitrogens with one attached hydrogen (secondary N) is 2. The van der Waals surface area contributed by atoms with Crippen molar-refractivity contribution < 1.29 is 9.59 Å². The van der Waals surface area contributed by atoms with Crippen LogP contribution in [0.2, 0.25) is 0 Å². The van der Waals surface area contributed by atoms with Crippen molar-refractivity contribution in [3.8, 4) is 0 Å². The van der Waals surface area contributed by atoms with Crippen LogP contribution in [0.25, 0.3) is 0 Å². The summed E-state index contributed by atoms with van der Waals surface area (Å²) in [4.78, 5) is 26.2. The topological polar surface area (TPSA) is 87.5 Å². The van der Waals surface area contributed by atoms with Crippen LogP contribution >= 0.6 is 0 Å². The second kappa shape index (κ2) is 6.36. The van der Waals surface area contributed by atoms with Gasteiger partial charge in [-0.15, -0.1) is 0 Å². The van der Waals surface area contributed by atoms with Crippen molar-refractivity contribution in [2.24, 2.45) is 5.73 Å². The Morgan fingerprint density at radius 1 is 1.27 bits per heavy atom. The van der Waals surface area contributed by atoms with Gasteiger partial charge in [0.15, 0.2) is 0 Å². The minimum atomic E-state index is -0.215. The number of urea groups is 1. The molecule has 1 aromatic carbocycles. The fraction of sp³-hybridized carbons (Fsp3) is 0.500. The predicted molar refractivity (Wildman–Crippen MR) is 84.7 cm³/mol. The quantitative estimate of drug-likeness (QED) is 0.788. The largest absolute Gasteiger partial charge is 0.335 e. The molecule has 6 nitrogen and oxygen atoms in total. The van der Waals surface area contributed by atoms with Crippen LogP contribution in [0.3, 0.4) is 0 Å². The lowest BCUT2D eigenvalue weighted by Crippen LogP contribution is -2.39. The fourth-order valence-electron chi connectivity index (χ4n) is 2.82. The number of hydrogen-bond acceptors (Lipinski definition) is 3. The van der Waals surface area contributed by atoms with Crippen LogP contribution in [0.15, 0.2) is 24.3 Å². The van der Waals surface area contributed by atoms with Crippen LogP contribution in [0.4, 0.5) is 10.5 Å². The van der Waals surface area contributed by atoms with Crippen LogP contribution in [-0.2, 0) is 0 Å². The number of carbonyl (C=O) groups excluding carboxylic acids is 2. The van der Waals surface area contributed by atoms with E-state index in [2.05, 4.69) is 10.6 Å². The molecule has 3 amide bonds. The third kappa shape index (κ3) is 3.39. The normalized spacial score (nSPS) is 20.8. The SMILES string of the molecule is NCC1CCCN1C(=O)c1cccc(NC(=O)NC2CC2)c1. The Morgan fingerprint density at radius 3 is 2.82 bits per heavy atom. The van der Waals surface area contributed by atoms with E-state index in [-0.39, 0.29) is 18.0 Å². The molecule has 118 valence electrons. The van der Waals surface area contributed by atoms with Gasteiger partial charge in [0.25, 0.3) is 5.91 Å². The number of hydrogen-bond donors (Lipinski definition) is 3. The Labute approximate surface area is 130 Å². The molecule has 1 unspecified atom stereocenters. The van der Waals surface area contributed by atoms with Crippen molar-refractivity contribution in [2.45, 2.75) is 37.8 Å². The van der Waals surface area contributed by atoms with Crippen molar-refractivity contribution in [2.75, 3.05) is 18.4 Å². The predicted octanol–water partition coefficient (Wildman–Crippen LogP) is 1.53. The van der Waals surface area contributed by atoms with Gasteiger partial charge in [0.05, 0.1) is 0 Å². The number of rotatable bonds is 4. The molecule has 0 aromatic heterocycles. The lowest BCUT2D eigenvalue weighted by molar-refractivity contribution is 0.0741. The van der Waals surface area contributed by atoms with E-state index in [4.69, 9.17) is 5.73 Å². The number of nitrogens with zero attached hydrogens (tertiary/aromatic N) is 1. The molecule has 1 aliphatic heterocycles. The van der Waals surface area contributed by atoms with Gasteiger partial charge in [-0.05, 0) is 43.9 Å². The summed E-state index contributed by atoms with van der Waals surface area (Å²) < 4.78 is 0. The average Bonchev–Trinajstić information content (AvgIpc) is 3.19. The molecule has 2 aliphatic rings. The molecule has 4 N–H and O–H groups in total. The molecule has 6 heteroatoms. The number of nitrogens with two attached hydrogens (primary N) is 1. The highest BCUT2D eigenvalue weighted by atomic mass is 16.2. The van der Waals surface area contributed by atoms with Crippen LogP contribution in [-0.4, -0.2) is 42.0 Å².